The Labute approximate surface area is 135 Å². The molecule has 0 aliphatic carbocycles. The molecule has 1 aromatic carbocycles. The number of nitrogens with one attached hydrogen (secondary N) is 2. The largest absolute Gasteiger partial charge is 0.496 e. The number of ether oxygens (including phenoxy) is 1. The second kappa shape index (κ2) is 6.79. The number of benzene rings is 1. The van der Waals surface area contributed by atoms with Crippen LogP contribution in [0.25, 0.3) is 0 Å². The van der Waals surface area contributed by atoms with Gasteiger partial charge < -0.3 is 21.5 Å². The van der Waals surface area contributed by atoms with Crippen molar-refractivity contribution in [3.05, 3.63) is 41.5 Å². The van der Waals surface area contributed by atoms with E-state index in [0.29, 0.717) is 16.3 Å². The predicted octanol–water partition coefficient (Wildman–Crippen LogP) is 1.60. The SMILES string of the molecule is COc1ccccc1C(=O)Nc1cc(C(N)=O)c(NC(N)=O)s1. The van der Waals surface area contributed by atoms with Crippen molar-refractivity contribution in [2.24, 2.45) is 11.5 Å². The van der Waals surface area contributed by atoms with Crippen molar-refractivity contribution in [3.8, 4) is 5.75 Å². The van der Waals surface area contributed by atoms with Gasteiger partial charge in [0.05, 0.1) is 23.2 Å². The Kier molecular flexibility index (Phi) is 4.82. The summed E-state index contributed by atoms with van der Waals surface area (Å²) in [7, 11) is 1.46. The second-order valence-electron chi connectivity index (χ2n) is 4.36. The number of thiophene rings is 1. The third-order valence-electron chi connectivity index (χ3n) is 2.82. The van der Waals surface area contributed by atoms with Crippen LogP contribution in [0.5, 0.6) is 5.75 Å². The summed E-state index contributed by atoms with van der Waals surface area (Å²) >= 11 is 0.967. The molecule has 1 heterocycles. The van der Waals surface area contributed by atoms with Gasteiger partial charge in [-0.05, 0) is 18.2 Å². The molecule has 8 nitrogen and oxygen atoms in total. The zero-order valence-electron chi connectivity index (χ0n) is 12.1. The van der Waals surface area contributed by atoms with Gasteiger partial charge in [-0.2, -0.15) is 0 Å². The molecular formula is C14H14N4O4S. The number of methoxy groups -OCH3 is 1. The van der Waals surface area contributed by atoms with Crippen LogP contribution in [0.1, 0.15) is 20.7 Å². The van der Waals surface area contributed by atoms with Gasteiger partial charge in [0.25, 0.3) is 11.8 Å². The molecule has 2 rings (SSSR count). The van der Waals surface area contributed by atoms with Crippen LogP contribution in [0.4, 0.5) is 14.8 Å². The maximum atomic E-state index is 12.3. The lowest BCUT2D eigenvalue weighted by Gasteiger charge is -2.07. The van der Waals surface area contributed by atoms with Crippen molar-refractivity contribution in [1.29, 1.82) is 0 Å². The molecule has 0 saturated carbocycles. The number of rotatable bonds is 5. The summed E-state index contributed by atoms with van der Waals surface area (Å²) in [6, 6.07) is 7.21. The molecule has 0 saturated heterocycles. The minimum atomic E-state index is -0.836. The monoisotopic (exact) mass is 334 g/mol. The van der Waals surface area contributed by atoms with E-state index in [-0.39, 0.29) is 10.6 Å². The molecule has 0 unspecified atom stereocenters. The topological polar surface area (TPSA) is 137 Å². The van der Waals surface area contributed by atoms with E-state index in [0.717, 1.165) is 11.3 Å². The number of carbonyl (C=O) groups excluding carboxylic acids is 3. The molecule has 23 heavy (non-hydrogen) atoms. The van der Waals surface area contributed by atoms with Crippen molar-refractivity contribution < 1.29 is 19.1 Å². The third kappa shape index (κ3) is 3.77. The van der Waals surface area contributed by atoms with Gasteiger partial charge in [-0.25, -0.2) is 4.79 Å². The van der Waals surface area contributed by atoms with Gasteiger partial charge in [0.15, 0.2) is 0 Å². The van der Waals surface area contributed by atoms with Crippen molar-refractivity contribution in [2.75, 3.05) is 17.7 Å². The Balaban J connectivity index is 2.27. The van der Waals surface area contributed by atoms with Crippen LogP contribution in [0, 0.1) is 0 Å². The second-order valence-corrected chi connectivity index (χ2v) is 5.41. The summed E-state index contributed by atoms with van der Waals surface area (Å²) in [4.78, 5) is 34.6. The summed E-state index contributed by atoms with van der Waals surface area (Å²) in [5.74, 6) is -0.764. The van der Waals surface area contributed by atoms with E-state index in [1.807, 2.05) is 0 Å². The molecule has 6 N–H and O–H groups in total. The van der Waals surface area contributed by atoms with Gasteiger partial charge >= 0.3 is 6.03 Å². The van der Waals surface area contributed by atoms with Crippen molar-refractivity contribution in [1.82, 2.24) is 0 Å². The molecule has 0 spiro atoms. The van der Waals surface area contributed by atoms with Crippen LogP contribution < -0.4 is 26.8 Å². The zero-order valence-corrected chi connectivity index (χ0v) is 12.9. The number of amides is 4. The van der Waals surface area contributed by atoms with E-state index < -0.39 is 17.8 Å². The quantitative estimate of drug-likeness (QED) is 0.660. The minimum absolute atomic E-state index is 0.0594. The molecule has 0 aliphatic heterocycles. The number of hydrogen-bond donors (Lipinski definition) is 4. The van der Waals surface area contributed by atoms with Crippen LogP contribution in [0.15, 0.2) is 30.3 Å². The molecule has 0 fully saturated rings. The van der Waals surface area contributed by atoms with Gasteiger partial charge in [-0.15, -0.1) is 0 Å². The normalized spacial score (nSPS) is 9.96. The summed E-state index contributed by atoms with van der Waals surface area (Å²) in [5, 5.41) is 5.41. The first-order chi connectivity index (χ1) is 10.9. The minimum Gasteiger partial charge on any atom is -0.496 e. The van der Waals surface area contributed by atoms with E-state index in [4.69, 9.17) is 16.2 Å². The summed E-state index contributed by atoms with van der Waals surface area (Å²) < 4.78 is 5.12. The van der Waals surface area contributed by atoms with Crippen LogP contribution in [0.3, 0.4) is 0 Å². The highest BCUT2D eigenvalue weighted by atomic mass is 32.1. The summed E-state index contributed by atoms with van der Waals surface area (Å²) in [6.45, 7) is 0. The Morgan fingerprint density at radius 3 is 2.39 bits per heavy atom. The average molecular weight is 334 g/mol. The Bertz CT molecular complexity index is 772. The number of para-hydroxylation sites is 1. The summed E-state index contributed by atoms with van der Waals surface area (Å²) in [6.07, 6.45) is 0. The molecule has 9 heteroatoms. The molecule has 0 atom stereocenters. The lowest BCUT2D eigenvalue weighted by Crippen LogP contribution is -2.21. The smallest absolute Gasteiger partial charge is 0.317 e. The highest BCUT2D eigenvalue weighted by molar-refractivity contribution is 7.20. The number of primary amides is 2. The van der Waals surface area contributed by atoms with Gasteiger partial charge in [0.1, 0.15) is 10.8 Å². The maximum Gasteiger partial charge on any atom is 0.317 e. The van der Waals surface area contributed by atoms with Gasteiger partial charge in [0, 0.05) is 0 Å². The van der Waals surface area contributed by atoms with Crippen LogP contribution >= 0.6 is 11.3 Å². The lowest BCUT2D eigenvalue weighted by atomic mass is 10.2. The maximum absolute atomic E-state index is 12.3. The fourth-order valence-corrected chi connectivity index (χ4v) is 2.81. The number of anilines is 2. The Hall–Kier alpha value is -3.07. The Morgan fingerprint density at radius 1 is 1.09 bits per heavy atom. The van der Waals surface area contributed by atoms with Gasteiger partial charge in [0.2, 0.25) is 0 Å². The van der Waals surface area contributed by atoms with Gasteiger partial charge in [-0.3, -0.25) is 14.9 Å². The standard InChI is InChI=1S/C14H14N4O4S/c1-22-9-5-3-2-4-7(9)12(20)17-10-6-8(11(15)19)13(23-10)18-14(16)21/h2-6H,1H3,(H2,15,19)(H,17,20)(H3,16,18,21). The van der Waals surface area contributed by atoms with Crippen molar-refractivity contribution in [2.45, 2.75) is 0 Å². The lowest BCUT2D eigenvalue weighted by molar-refractivity contribution is 0.0997. The first kappa shape index (κ1) is 16.3. The van der Waals surface area contributed by atoms with Crippen molar-refractivity contribution in [3.63, 3.8) is 0 Å². The van der Waals surface area contributed by atoms with E-state index in [1.165, 1.54) is 13.2 Å². The van der Waals surface area contributed by atoms with Crippen LogP contribution in [-0.2, 0) is 0 Å². The molecule has 0 aliphatic rings. The van der Waals surface area contributed by atoms with E-state index >= 15 is 0 Å². The molecule has 0 radical (unpaired) electrons. The van der Waals surface area contributed by atoms with Crippen LogP contribution in [-0.4, -0.2) is 25.0 Å². The summed E-state index contributed by atoms with van der Waals surface area (Å²) in [5.41, 5.74) is 10.7. The molecule has 120 valence electrons. The highest BCUT2D eigenvalue weighted by Gasteiger charge is 2.18. The molecule has 4 amide bonds. The van der Waals surface area contributed by atoms with Crippen molar-refractivity contribution >= 4 is 39.2 Å². The molecule has 0 bridgehead atoms. The first-order valence-corrected chi connectivity index (χ1v) is 7.18. The Morgan fingerprint density at radius 2 is 1.78 bits per heavy atom. The highest BCUT2D eigenvalue weighted by Crippen LogP contribution is 2.32. The number of urea groups is 1. The number of hydrogen-bond acceptors (Lipinski definition) is 5. The molecule has 2 aromatic rings. The predicted molar refractivity (Wildman–Crippen MR) is 87.0 cm³/mol. The fraction of sp³-hybridized carbons (Fsp3) is 0.0714. The number of nitrogens with two attached hydrogens (primary N) is 2. The molecular weight excluding hydrogens is 320 g/mol. The fourth-order valence-electron chi connectivity index (χ4n) is 1.85. The zero-order chi connectivity index (χ0) is 17.0. The average Bonchev–Trinajstić information content (AvgIpc) is 2.89. The van der Waals surface area contributed by atoms with Gasteiger partial charge in [-0.1, -0.05) is 23.5 Å². The van der Waals surface area contributed by atoms with E-state index in [1.54, 1.807) is 24.3 Å². The number of carbonyl (C=O) groups is 3. The van der Waals surface area contributed by atoms with Crippen LogP contribution in [0.2, 0.25) is 0 Å². The third-order valence-corrected chi connectivity index (χ3v) is 3.79. The molecule has 1 aromatic heterocycles. The van der Waals surface area contributed by atoms with E-state index in [2.05, 4.69) is 10.6 Å². The first-order valence-electron chi connectivity index (χ1n) is 6.37. The van der Waals surface area contributed by atoms with E-state index in [9.17, 15) is 14.4 Å².